The van der Waals surface area contributed by atoms with Gasteiger partial charge in [0.05, 0.1) is 5.69 Å². The normalized spacial score (nSPS) is 16.4. The summed E-state index contributed by atoms with van der Waals surface area (Å²) in [5.41, 5.74) is 7.00. The number of nitrogens with zero attached hydrogens (tertiary/aromatic N) is 1. The maximum Gasteiger partial charge on any atom is 0.248 e. The molecule has 0 aromatic heterocycles. The second-order valence-corrected chi connectivity index (χ2v) is 6.21. The van der Waals surface area contributed by atoms with E-state index < -0.39 is 0 Å². The van der Waals surface area contributed by atoms with Gasteiger partial charge in [-0.25, -0.2) is 0 Å². The van der Waals surface area contributed by atoms with Gasteiger partial charge in [0.25, 0.3) is 0 Å². The molecule has 5 heteroatoms. The molecule has 20 heavy (non-hydrogen) atoms. The fraction of sp³-hybridized carbons (Fsp3) is 0.533. The number of amides is 1. The fourth-order valence-corrected chi connectivity index (χ4v) is 3.36. The van der Waals surface area contributed by atoms with Crippen molar-refractivity contribution >= 4 is 27.5 Å². The van der Waals surface area contributed by atoms with E-state index in [-0.39, 0.29) is 5.91 Å². The Balaban J connectivity index is 1.98. The Hall–Kier alpha value is -1.07. The van der Waals surface area contributed by atoms with Crippen molar-refractivity contribution in [2.45, 2.75) is 19.3 Å². The number of nitrogens with two attached hydrogens (primary N) is 1. The summed E-state index contributed by atoms with van der Waals surface area (Å²) < 4.78 is 0.947. The van der Waals surface area contributed by atoms with E-state index in [0.717, 1.165) is 35.7 Å². The lowest BCUT2D eigenvalue weighted by atomic mass is 9.93. The minimum atomic E-state index is -0.386. The summed E-state index contributed by atoms with van der Waals surface area (Å²) in [5, 5.41) is 3.22. The Labute approximate surface area is 128 Å². The predicted octanol–water partition coefficient (Wildman–Crippen LogP) is 2.37. The van der Waals surface area contributed by atoms with Crippen molar-refractivity contribution in [2.24, 2.45) is 11.7 Å². The number of piperidine rings is 1. The first-order valence-corrected chi connectivity index (χ1v) is 7.90. The van der Waals surface area contributed by atoms with Crippen LogP contribution in [0.25, 0.3) is 0 Å². The van der Waals surface area contributed by atoms with Crippen LogP contribution in [0.3, 0.4) is 0 Å². The van der Waals surface area contributed by atoms with Gasteiger partial charge < -0.3 is 16.0 Å². The van der Waals surface area contributed by atoms with Crippen molar-refractivity contribution in [2.75, 3.05) is 31.6 Å². The minimum absolute atomic E-state index is 0.386. The van der Waals surface area contributed by atoms with Gasteiger partial charge in [-0.05, 0) is 72.9 Å². The van der Waals surface area contributed by atoms with Crippen LogP contribution in [0, 0.1) is 5.92 Å². The quantitative estimate of drug-likeness (QED) is 0.865. The van der Waals surface area contributed by atoms with Gasteiger partial charge in [0.1, 0.15) is 0 Å². The maximum atomic E-state index is 11.2. The van der Waals surface area contributed by atoms with Crippen LogP contribution in [0.2, 0.25) is 0 Å². The molecule has 0 radical (unpaired) electrons. The lowest BCUT2D eigenvalue weighted by Gasteiger charge is -2.34. The van der Waals surface area contributed by atoms with Crippen LogP contribution in [-0.2, 0) is 0 Å². The Morgan fingerprint density at radius 1 is 1.45 bits per heavy atom. The molecule has 110 valence electrons. The molecular formula is C15H22BrN3O. The van der Waals surface area contributed by atoms with Gasteiger partial charge in [0.2, 0.25) is 5.91 Å². The molecule has 1 fully saturated rings. The number of carbonyl (C=O) groups is 1. The summed E-state index contributed by atoms with van der Waals surface area (Å²) in [6, 6.07) is 5.60. The molecule has 1 aliphatic heterocycles. The maximum absolute atomic E-state index is 11.2. The zero-order valence-corrected chi connectivity index (χ0v) is 13.4. The highest BCUT2D eigenvalue weighted by Gasteiger charge is 2.20. The highest BCUT2D eigenvalue weighted by atomic mass is 79.9. The monoisotopic (exact) mass is 339 g/mol. The Morgan fingerprint density at radius 3 is 2.70 bits per heavy atom. The number of primary amides is 1. The SMILES string of the molecule is CNCCC1CCN(c2ccc(C(N)=O)cc2Br)CC1. The van der Waals surface area contributed by atoms with E-state index in [1.165, 1.54) is 19.3 Å². The summed E-state index contributed by atoms with van der Waals surface area (Å²) in [7, 11) is 2.01. The van der Waals surface area contributed by atoms with E-state index >= 15 is 0 Å². The first kappa shape index (κ1) is 15.3. The molecule has 4 nitrogen and oxygen atoms in total. The van der Waals surface area contributed by atoms with Gasteiger partial charge in [0.15, 0.2) is 0 Å². The van der Waals surface area contributed by atoms with Crippen LogP contribution >= 0.6 is 15.9 Å². The molecule has 0 bridgehead atoms. The van der Waals surface area contributed by atoms with Crippen LogP contribution in [0.1, 0.15) is 29.6 Å². The Kier molecular flexibility index (Phi) is 5.43. The van der Waals surface area contributed by atoms with Gasteiger partial charge in [-0.1, -0.05) is 0 Å². The first-order chi connectivity index (χ1) is 9.61. The highest BCUT2D eigenvalue weighted by Crippen LogP contribution is 2.31. The van der Waals surface area contributed by atoms with E-state index in [9.17, 15) is 4.79 Å². The van der Waals surface area contributed by atoms with Crippen LogP contribution < -0.4 is 16.0 Å². The summed E-state index contributed by atoms with van der Waals surface area (Å²) in [6.07, 6.45) is 3.71. The lowest BCUT2D eigenvalue weighted by molar-refractivity contribution is 0.100. The van der Waals surface area contributed by atoms with E-state index in [4.69, 9.17) is 5.73 Å². The van der Waals surface area contributed by atoms with E-state index in [1.807, 2.05) is 19.2 Å². The molecule has 1 aromatic carbocycles. The Morgan fingerprint density at radius 2 is 2.15 bits per heavy atom. The molecule has 1 amide bonds. The number of hydrogen-bond donors (Lipinski definition) is 2. The first-order valence-electron chi connectivity index (χ1n) is 7.10. The van der Waals surface area contributed by atoms with Crippen molar-refractivity contribution in [3.8, 4) is 0 Å². The number of anilines is 1. The number of carbonyl (C=O) groups excluding carboxylic acids is 1. The predicted molar refractivity (Wildman–Crippen MR) is 86.1 cm³/mol. The molecule has 1 saturated heterocycles. The molecule has 1 aromatic rings. The second kappa shape index (κ2) is 7.09. The molecular weight excluding hydrogens is 318 g/mol. The van der Waals surface area contributed by atoms with Gasteiger partial charge in [-0.3, -0.25) is 4.79 Å². The van der Waals surface area contributed by atoms with Crippen molar-refractivity contribution in [3.63, 3.8) is 0 Å². The van der Waals surface area contributed by atoms with Crippen molar-refractivity contribution in [1.29, 1.82) is 0 Å². The molecule has 0 saturated carbocycles. The van der Waals surface area contributed by atoms with Gasteiger partial charge >= 0.3 is 0 Å². The van der Waals surface area contributed by atoms with Gasteiger partial charge in [-0.15, -0.1) is 0 Å². The summed E-state index contributed by atoms with van der Waals surface area (Å²) >= 11 is 3.55. The number of rotatable bonds is 5. The topological polar surface area (TPSA) is 58.4 Å². The van der Waals surface area contributed by atoms with Crippen molar-refractivity contribution in [1.82, 2.24) is 5.32 Å². The van der Waals surface area contributed by atoms with Crippen LogP contribution in [0.15, 0.2) is 22.7 Å². The second-order valence-electron chi connectivity index (χ2n) is 5.35. The van der Waals surface area contributed by atoms with E-state index in [0.29, 0.717) is 5.56 Å². The van der Waals surface area contributed by atoms with Gasteiger partial charge in [0, 0.05) is 23.1 Å². The largest absolute Gasteiger partial charge is 0.371 e. The average molecular weight is 340 g/mol. The molecule has 3 N–H and O–H groups in total. The minimum Gasteiger partial charge on any atom is -0.371 e. The third kappa shape index (κ3) is 3.73. The summed E-state index contributed by atoms with van der Waals surface area (Å²) in [5.74, 6) is 0.436. The fourth-order valence-electron chi connectivity index (χ4n) is 2.73. The summed E-state index contributed by atoms with van der Waals surface area (Å²) in [6.45, 7) is 3.24. The number of nitrogens with one attached hydrogen (secondary N) is 1. The molecule has 0 spiro atoms. The molecule has 1 aliphatic rings. The van der Waals surface area contributed by atoms with Crippen LogP contribution in [0.4, 0.5) is 5.69 Å². The Bertz CT molecular complexity index is 470. The van der Waals surface area contributed by atoms with Crippen molar-refractivity contribution in [3.05, 3.63) is 28.2 Å². The number of benzene rings is 1. The highest BCUT2D eigenvalue weighted by molar-refractivity contribution is 9.10. The molecule has 0 unspecified atom stereocenters. The third-order valence-corrected chi connectivity index (χ3v) is 4.63. The lowest BCUT2D eigenvalue weighted by Crippen LogP contribution is -2.34. The average Bonchev–Trinajstić information content (AvgIpc) is 2.45. The van der Waals surface area contributed by atoms with Gasteiger partial charge in [-0.2, -0.15) is 0 Å². The number of halogens is 1. The zero-order valence-electron chi connectivity index (χ0n) is 11.9. The van der Waals surface area contributed by atoms with E-state index in [1.54, 1.807) is 6.07 Å². The smallest absolute Gasteiger partial charge is 0.248 e. The molecule has 0 atom stereocenters. The van der Waals surface area contributed by atoms with Crippen molar-refractivity contribution < 1.29 is 4.79 Å². The molecule has 1 heterocycles. The zero-order chi connectivity index (χ0) is 14.5. The number of hydrogen-bond acceptors (Lipinski definition) is 3. The van der Waals surface area contributed by atoms with Crippen LogP contribution in [-0.4, -0.2) is 32.6 Å². The standard InChI is InChI=1S/C15H22BrN3O/c1-18-7-4-11-5-8-19(9-6-11)14-3-2-12(15(17)20)10-13(14)16/h2-3,10-11,18H,4-9H2,1H3,(H2,17,20). The summed E-state index contributed by atoms with van der Waals surface area (Å²) in [4.78, 5) is 13.5. The molecule has 2 rings (SSSR count). The van der Waals surface area contributed by atoms with Crippen LogP contribution in [0.5, 0.6) is 0 Å². The van der Waals surface area contributed by atoms with E-state index in [2.05, 4.69) is 26.1 Å². The third-order valence-electron chi connectivity index (χ3n) is 3.99. The molecule has 0 aliphatic carbocycles.